The van der Waals surface area contributed by atoms with Crippen LogP contribution in [0.1, 0.15) is 17.3 Å². The van der Waals surface area contributed by atoms with E-state index in [1.54, 1.807) is 19.1 Å². The smallest absolute Gasteiger partial charge is 0.202 e. The Hall–Kier alpha value is -0.880. The highest BCUT2D eigenvalue weighted by Crippen LogP contribution is 2.22. The molecule has 4 heteroatoms. The van der Waals surface area contributed by atoms with Crippen LogP contribution in [-0.4, -0.2) is 11.9 Å². The number of para-hydroxylation sites is 1. The number of carbonyl (C=O) groups excluding carboxylic acids is 1. The molecule has 0 saturated heterocycles. The summed E-state index contributed by atoms with van der Waals surface area (Å²) in [7, 11) is 0. The van der Waals surface area contributed by atoms with Gasteiger partial charge in [-0.1, -0.05) is 40.2 Å². The largest absolute Gasteiger partial charge is 0.481 e. The van der Waals surface area contributed by atoms with E-state index in [9.17, 15) is 4.79 Å². The molecule has 0 heterocycles. The van der Waals surface area contributed by atoms with Crippen LogP contribution in [0.3, 0.4) is 0 Å². The van der Waals surface area contributed by atoms with Crippen LogP contribution in [0.15, 0.2) is 53.0 Å². The lowest BCUT2D eigenvalue weighted by molar-refractivity contribution is 0.0817. The van der Waals surface area contributed by atoms with E-state index in [0.717, 1.165) is 13.8 Å². The molecule has 0 aliphatic rings. The summed E-state index contributed by atoms with van der Waals surface area (Å²) >= 11 is 5.55. The van der Waals surface area contributed by atoms with Gasteiger partial charge in [0.2, 0.25) is 5.78 Å². The number of Topliss-reactive ketones (excluding diaryl/α,β-unsaturated/α-hetero) is 1. The first-order valence-electron chi connectivity index (χ1n) is 5.79. The lowest BCUT2D eigenvalue weighted by atomic mass is 10.1. The number of hydrogen-bond acceptors (Lipinski definition) is 2. The minimum atomic E-state index is -0.503. The third kappa shape index (κ3) is 3.79. The molecule has 0 saturated carbocycles. The van der Waals surface area contributed by atoms with Gasteiger partial charge in [0.15, 0.2) is 6.10 Å². The van der Waals surface area contributed by atoms with Gasteiger partial charge in [0.1, 0.15) is 5.75 Å². The second-order valence-corrected chi connectivity index (χ2v) is 6.14. The Bertz CT molecular complexity index is 581. The quantitative estimate of drug-likeness (QED) is 0.519. The van der Waals surface area contributed by atoms with E-state index in [1.807, 2.05) is 36.4 Å². The van der Waals surface area contributed by atoms with Crippen LogP contribution >= 0.6 is 38.5 Å². The third-order valence-corrected chi connectivity index (χ3v) is 4.06. The minimum Gasteiger partial charge on any atom is -0.481 e. The lowest BCUT2D eigenvalue weighted by Crippen LogP contribution is -2.24. The molecule has 98 valence electrons. The zero-order chi connectivity index (χ0) is 13.8. The molecule has 2 nitrogen and oxygen atoms in total. The predicted octanol–water partition coefficient (Wildman–Crippen LogP) is 4.70. The highest BCUT2D eigenvalue weighted by molar-refractivity contribution is 14.1. The average Bonchev–Trinajstić information content (AvgIpc) is 2.41. The number of rotatable bonds is 4. The van der Waals surface area contributed by atoms with E-state index in [2.05, 4.69) is 38.5 Å². The molecule has 19 heavy (non-hydrogen) atoms. The van der Waals surface area contributed by atoms with E-state index in [-0.39, 0.29) is 5.78 Å². The maximum Gasteiger partial charge on any atom is 0.202 e. The van der Waals surface area contributed by atoms with Crippen molar-refractivity contribution in [1.29, 1.82) is 0 Å². The molecule has 2 rings (SSSR count). The molecule has 0 aliphatic heterocycles. The molecule has 0 N–H and O–H groups in total. The van der Waals surface area contributed by atoms with Crippen molar-refractivity contribution in [2.45, 2.75) is 13.0 Å². The van der Waals surface area contributed by atoms with Crippen molar-refractivity contribution >= 4 is 44.3 Å². The highest BCUT2D eigenvalue weighted by atomic mass is 127. The van der Waals surface area contributed by atoms with Crippen LogP contribution in [0.2, 0.25) is 0 Å². The molecule has 2 aromatic rings. The van der Waals surface area contributed by atoms with Gasteiger partial charge < -0.3 is 4.74 Å². The first kappa shape index (κ1) is 14.5. The van der Waals surface area contributed by atoms with Gasteiger partial charge in [-0.3, -0.25) is 4.79 Å². The second-order valence-electron chi connectivity index (χ2n) is 4.06. The van der Waals surface area contributed by atoms with Gasteiger partial charge in [0.25, 0.3) is 0 Å². The fourth-order valence-corrected chi connectivity index (χ4v) is 2.41. The van der Waals surface area contributed by atoms with E-state index < -0.39 is 6.10 Å². The highest BCUT2D eigenvalue weighted by Gasteiger charge is 2.17. The standard InChI is InChI=1S/C15H12BrIO2/c1-10(19-14-5-3-2-4-13(14)17)15(18)11-6-8-12(16)9-7-11/h2-10H,1H3. The van der Waals surface area contributed by atoms with Crippen LogP contribution in [0.5, 0.6) is 5.75 Å². The molecule has 1 unspecified atom stereocenters. The second kappa shape index (κ2) is 6.52. The summed E-state index contributed by atoms with van der Waals surface area (Å²) in [6.45, 7) is 1.77. The van der Waals surface area contributed by atoms with Crippen molar-refractivity contribution in [3.8, 4) is 5.75 Å². The molecular formula is C15H12BrIO2. The Labute approximate surface area is 134 Å². The van der Waals surface area contributed by atoms with Crippen LogP contribution in [-0.2, 0) is 0 Å². The fraction of sp³-hybridized carbons (Fsp3) is 0.133. The zero-order valence-electron chi connectivity index (χ0n) is 10.3. The topological polar surface area (TPSA) is 26.3 Å². The summed E-state index contributed by atoms with van der Waals surface area (Å²) in [6.07, 6.45) is -0.503. The Morgan fingerprint density at radius 2 is 1.79 bits per heavy atom. The Kier molecular flexibility index (Phi) is 4.99. The number of halogens is 2. The Morgan fingerprint density at radius 3 is 2.42 bits per heavy atom. The number of benzene rings is 2. The minimum absolute atomic E-state index is 0.0212. The van der Waals surface area contributed by atoms with Crippen LogP contribution in [0.25, 0.3) is 0 Å². The van der Waals surface area contributed by atoms with E-state index >= 15 is 0 Å². The molecule has 0 bridgehead atoms. The molecule has 0 aliphatic carbocycles. The zero-order valence-corrected chi connectivity index (χ0v) is 14.0. The summed E-state index contributed by atoms with van der Waals surface area (Å²) in [5, 5.41) is 0. The molecule has 0 amide bonds. The van der Waals surface area contributed by atoms with E-state index in [0.29, 0.717) is 5.56 Å². The molecule has 2 aromatic carbocycles. The number of ether oxygens (including phenoxy) is 1. The molecule has 0 spiro atoms. The number of ketones is 1. The number of hydrogen-bond donors (Lipinski definition) is 0. The molecule has 0 fully saturated rings. The Morgan fingerprint density at radius 1 is 1.16 bits per heavy atom. The van der Waals surface area contributed by atoms with Crippen molar-refractivity contribution in [3.05, 3.63) is 62.1 Å². The van der Waals surface area contributed by atoms with Gasteiger partial charge in [0.05, 0.1) is 3.57 Å². The average molecular weight is 431 g/mol. The number of carbonyl (C=O) groups is 1. The van der Waals surface area contributed by atoms with Gasteiger partial charge in [-0.25, -0.2) is 0 Å². The lowest BCUT2D eigenvalue weighted by Gasteiger charge is -2.14. The van der Waals surface area contributed by atoms with Gasteiger partial charge in [0, 0.05) is 10.0 Å². The van der Waals surface area contributed by atoms with Gasteiger partial charge in [-0.05, 0) is 53.8 Å². The van der Waals surface area contributed by atoms with Crippen molar-refractivity contribution in [3.63, 3.8) is 0 Å². The van der Waals surface area contributed by atoms with E-state index in [4.69, 9.17) is 4.74 Å². The molecule has 0 radical (unpaired) electrons. The summed E-state index contributed by atoms with van der Waals surface area (Å²) in [5.74, 6) is 0.716. The monoisotopic (exact) mass is 430 g/mol. The maximum absolute atomic E-state index is 12.2. The van der Waals surface area contributed by atoms with Crippen LogP contribution in [0.4, 0.5) is 0 Å². The normalized spacial score (nSPS) is 11.9. The van der Waals surface area contributed by atoms with E-state index in [1.165, 1.54) is 0 Å². The molecule has 1 atom stereocenters. The first-order valence-corrected chi connectivity index (χ1v) is 7.66. The summed E-state index contributed by atoms with van der Waals surface area (Å²) in [5.41, 5.74) is 0.654. The SMILES string of the molecule is CC(Oc1ccccc1I)C(=O)c1ccc(Br)cc1. The van der Waals surface area contributed by atoms with Crippen LogP contribution in [0, 0.1) is 3.57 Å². The van der Waals surface area contributed by atoms with Crippen molar-refractivity contribution < 1.29 is 9.53 Å². The summed E-state index contributed by atoms with van der Waals surface area (Å²) < 4.78 is 7.67. The maximum atomic E-state index is 12.2. The Balaban J connectivity index is 2.12. The summed E-state index contributed by atoms with van der Waals surface area (Å²) in [4.78, 5) is 12.2. The van der Waals surface area contributed by atoms with Crippen molar-refractivity contribution in [2.75, 3.05) is 0 Å². The van der Waals surface area contributed by atoms with Gasteiger partial charge >= 0.3 is 0 Å². The van der Waals surface area contributed by atoms with Gasteiger partial charge in [-0.2, -0.15) is 0 Å². The third-order valence-electron chi connectivity index (χ3n) is 2.64. The molecule has 0 aromatic heterocycles. The van der Waals surface area contributed by atoms with Crippen molar-refractivity contribution in [1.82, 2.24) is 0 Å². The summed E-state index contributed by atoms with van der Waals surface area (Å²) in [6, 6.07) is 15.0. The fourth-order valence-electron chi connectivity index (χ4n) is 1.63. The predicted molar refractivity (Wildman–Crippen MR) is 87.7 cm³/mol. The van der Waals surface area contributed by atoms with Gasteiger partial charge in [-0.15, -0.1) is 0 Å². The molecular weight excluding hydrogens is 419 g/mol. The van der Waals surface area contributed by atoms with Crippen LogP contribution < -0.4 is 4.74 Å². The van der Waals surface area contributed by atoms with Crippen molar-refractivity contribution in [2.24, 2.45) is 0 Å². The first-order chi connectivity index (χ1) is 9.08.